The van der Waals surface area contributed by atoms with E-state index >= 15 is 0 Å². The van der Waals surface area contributed by atoms with E-state index in [1.54, 1.807) is 22.3 Å². The first kappa shape index (κ1) is 45.8. The highest BCUT2D eigenvalue weighted by atomic mass is 14.5. The van der Waals surface area contributed by atoms with E-state index in [-0.39, 0.29) is 5.41 Å². The van der Waals surface area contributed by atoms with Crippen LogP contribution < -0.4 is 0 Å². The van der Waals surface area contributed by atoms with Crippen LogP contribution in [0, 0.1) is 11.8 Å². The summed E-state index contributed by atoms with van der Waals surface area (Å²) in [4.78, 5) is 0. The van der Waals surface area contributed by atoms with Gasteiger partial charge in [0, 0.05) is 5.41 Å². The normalized spacial score (nSPS) is 14.3. The number of hydrogen-bond donors (Lipinski definition) is 0. The van der Waals surface area contributed by atoms with E-state index in [0.717, 1.165) is 11.8 Å². The Morgan fingerprint density at radius 1 is 0.321 bits per heavy atom. The summed E-state index contributed by atoms with van der Waals surface area (Å²) >= 11 is 0. The first-order valence-electron chi connectivity index (χ1n) is 24.4. The summed E-state index contributed by atoms with van der Waals surface area (Å²) in [5.74, 6) is 1.66. The van der Waals surface area contributed by atoms with E-state index < -0.39 is 0 Å². The largest absolute Gasteiger partial charge is 0.0654 e. The molecule has 0 radical (unpaired) electrons. The Hall–Kier alpha value is -1.56. The van der Waals surface area contributed by atoms with Crippen molar-refractivity contribution < 1.29 is 0 Å². The molecule has 1 aliphatic carbocycles. The molecule has 0 amide bonds. The zero-order chi connectivity index (χ0) is 37.7. The van der Waals surface area contributed by atoms with Gasteiger partial charge in [0.25, 0.3) is 0 Å². The molecular formula is C53H90. The van der Waals surface area contributed by atoms with Crippen LogP contribution in [-0.2, 0) is 5.41 Å². The Bertz CT molecular complexity index is 1040. The molecule has 0 N–H and O–H groups in total. The summed E-state index contributed by atoms with van der Waals surface area (Å²) in [5.41, 5.74) is 6.66. The summed E-state index contributed by atoms with van der Waals surface area (Å²) in [6.45, 7) is 9.38. The van der Waals surface area contributed by atoms with Crippen LogP contribution in [-0.4, -0.2) is 0 Å². The lowest BCUT2D eigenvalue weighted by Crippen LogP contribution is -2.32. The molecule has 2 atom stereocenters. The summed E-state index contributed by atoms with van der Waals surface area (Å²) < 4.78 is 0. The fraction of sp³-hybridized carbons (Fsp3) is 0.774. The highest BCUT2D eigenvalue weighted by Gasteiger charge is 2.45. The molecule has 3 rings (SSSR count). The van der Waals surface area contributed by atoms with Gasteiger partial charge >= 0.3 is 0 Å². The van der Waals surface area contributed by atoms with Crippen LogP contribution in [0.3, 0.4) is 0 Å². The minimum absolute atomic E-state index is 0.174. The van der Waals surface area contributed by atoms with Gasteiger partial charge in [-0.2, -0.15) is 0 Å². The molecule has 0 heterocycles. The zero-order valence-corrected chi connectivity index (χ0v) is 36.3. The number of rotatable bonds is 36. The van der Waals surface area contributed by atoms with Gasteiger partial charge in [-0.1, -0.05) is 282 Å². The summed E-state index contributed by atoms with van der Waals surface area (Å²) in [6.07, 6.45) is 48.4. The van der Waals surface area contributed by atoms with Gasteiger partial charge in [0.2, 0.25) is 0 Å². The number of unbranched alkanes of at least 4 members (excludes halogenated alkanes) is 24. The predicted octanol–water partition coefficient (Wildman–Crippen LogP) is 18.5. The fourth-order valence-corrected chi connectivity index (χ4v) is 10.2. The molecule has 0 spiro atoms. The third kappa shape index (κ3) is 17.4. The molecule has 0 fully saturated rings. The van der Waals surface area contributed by atoms with Crippen LogP contribution in [0.2, 0.25) is 0 Å². The van der Waals surface area contributed by atoms with Gasteiger partial charge in [-0.25, -0.2) is 0 Å². The maximum atomic E-state index is 2.57. The van der Waals surface area contributed by atoms with Gasteiger partial charge in [0.1, 0.15) is 0 Å². The SMILES string of the molecule is CCCCCCCCCCC(CCCCCCCC)CC1(CC(CCCCCCCC)CCCCCCCCCC)c2ccccc2-c2ccccc21. The minimum Gasteiger partial charge on any atom is -0.0654 e. The Kier molecular flexibility index (Phi) is 25.7. The molecule has 0 aromatic heterocycles. The van der Waals surface area contributed by atoms with E-state index in [4.69, 9.17) is 0 Å². The lowest BCUT2D eigenvalue weighted by atomic mass is 9.64. The lowest BCUT2D eigenvalue weighted by Gasteiger charge is -2.39. The highest BCUT2D eigenvalue weighted by Crippen LogP contribution is 2.56. The van der Waals surface area contributed by atoms with Crippen molar-refractivity contribution in [2.24, 2.45) is 11.8 Å². The molecule has 0 aliphatic heterocycles. The van der Waals surface area contributed by atoms with Crippen molar-refractivity contribution in [2.45, 2.75) is 251 Å². The standard InChI is InChI=1S/C53H90/c1-5-9-13-17-21-23-27-31-39-47(37-29-25-19-15-11-7-3)45-53(51-43-35-33-41-49(51)50-42-34-36-44-52(50)53)46-48(38-30-26-20-16-12-8-4)40-32-28-24-22-18-14-10-6-2/h33-36,41-44,47-48H,5-32,37-40,45-46H2,1-4H3. The van der Waals surface area contributed by atoms with Crippen LogP contribution in [0.15, 0.2) is 48.5 Å². The van der Waals surface area contributed by atoms with Crippen LogP contribution in [0.25, 0.3) is 11.1 Å². The van der Waals surface area contributed by atoms with Crippen LogP contribution in [0.1, 0.15) is 257 Å². The third-order valence-corrected chi connectivity index (χ3v) is 13.3. The number of benzene rings is 2. The lowest BCUT2D eigenvalue weighted by molar-refractivity contribution is 0.250. The average Bonchev–Trinajstić information content (AvgIpc) is 3.45. The van der Waals surface area contributed by atoms with E-state index in [9.17, 15) is 0 Å². The Morgan fingerprint density at radius 3 is 0.849 bits per heavy atom. The summed E-state index contributed by atoms with van der Waals surface area (Å²) in [6, 6.07) is 19.5. The van der Waals surface area contributed by atoms with E-state index in [1.165, 1.54) is 218 Å². The maximum absolute atomic E-state index is 2.57. The van der Waals surface area contributed by atoms with Crippen molar-refractivity contribution in [1.82, 2.24) is 0 Å². The van der Waals surface area contributed by atoms with Gasteiger partial charge < -0.3 is 0 Å². The summed E-state index contributed by atoms with van der Waals surface area (Å²) in [5, 5.41) is 0. The number of fused-ring (bicyclic) bond motifs is 3. The molecule has 0 saturated carbocycles. The van der Waals surface area contributed by atoms with Crippen molar-refractivity contribution in [2.75, 3.05) is 0 Å². The van der Waals surface area contributed by atoms with E-state index in [2.05, 4.69) is 76.2 Å². The molecule has 2 aromatic carbocycles. The Labute approximate surface area is 332 Å². The maximum Gasteiger partial charge on any atom is 0.0220 e. The minimum atomic E-state index is 0.174. The fourth-order valence-electron chi connectivity index (χ4n) is 10.2. The second-order valence-corrected chi connectivity index (χ2v) is 18.0. The predicted molar refractivity (Wildman–Crippen MR) is 239 cm³/mol. The average molecular weight is 727 g/mol. The monoisotopic (exact) mass is 727 g/mol. The molecule has 2 aromatic rings. The van der Waals surface area contributed by atoms with Crippen molar-refractivity contribution >= 4 is 0 Å². The first-order chi connectivity index (χ1) is 26.2. The molecule has 0 saturated heterocycles. The Balaban J connectivity index is 1.83. The molecule has 0 heteroatoms. The van der Waals surface area contributed by atoms with Crippen molar-refractivity contribution in [3.8, 4) is 11.1 Å². The first-order valence-corrected chi connectivity index (χ1v) is 24.4. The van der Waals surface area contributed by atoms with Gasteiger partial charge in [0.05, 0.1) is 0 Å². The molecule has 1 aliphatic rings. The van der Waals surface area contributed by atoms with E-state index in [0.29, 0.717) is 0 Å². The second kappa shape index (κ2) is 29.7. The molecule has 2 unspecified atom stereocenters. The summed E-state index contributed by atoms with van der Waals surface area (Å²) in [7, 11) is 0. The topological polar surface area (TPSA) is 0 Å². The van der Waals surface area contributed by atoms with Crippen molar-refractivity contribution in [1.29, 1.82) is 0 Å². The van der Waals surface area contributed by atoms with Crippen molar-refractivity contribution in [3.63, 3.8) is 0 Å². The smallest absolute Gasteiger partial charge is 0.0220 e. The van der Waals surface area contributed by atoms with Crippen LogP contribution >= 0.6 is 0 Å². The van der Waals surface area contributed by atoms with Crippen molar-refractivity contribution in [3.05, 3.63) is 59.7 Å². The molecule has 0 bridgehead atoms. The van der Waals surface area contributed by atoms with Gasteiger partial charge in [-0.3, -0.25) is 0 Å². The molecular weight excluding hydrogens is 637 g/mol. The highest BCUT2D eigenvalue weighted by molar-refractivity contribution is 5.81. The zero-order valence-electron chi connectivity index (χ0n) is 36.3. The molecule has 302 valence electrons. The van der Waals surface area contributed by atoms with Gasteiger partial charge in [0.15, 0.2) is 0 Å². The number of hydrogen-bond acceptors (Lipinski definition) is 0. The molecule has 53 heavy (non-hydrogen) atoms. The van der Waals surface area contributed by atoms with Crippen LogP contribution in [0.5, 0.6) is 0 Å². The molecule has 0 nitrogen and oxygen atoms in total. The van der Waals surface area contributed by atoms with Gasteiger partial charge in [-0.15, -0.1) is 0 Å². The van der Waals surface area contributed by atoms with Crippen LogP contribution in [0.4, 0.5) is 0 Å². The second-order valence-electron chi connectivity index (χ2n) is 18.0. The van der Waals surface area contributed by atoms with Gasteiger partial charge in [-0.05, 0) is 46.9 Å². The third-order valence-electron chi connectivity index (χ3n) is 13.3. The quantitative estimate of drug-likeness (QED) is 0.0613. The van der Waals surface area contributed by atoms with E-state index in [1.807, 2.05) is 0 Å². The Morgan fingerprint density at radius 2 is 0.566 bits per heavy atom.